The van der Waals surface area contributed by atoms with E-state index in [1.54, 1.807) is 24.3 Å². The van der Waals surface area contributed by atoms with Crippen molar-refractivity contribution in [1.29, 1.82) is 0 Å². The fourth-order valence-electron chi connectivity index (χ4n) is 2.48. The number of carbonyl (C=O) groups excluding carboxylic acids is 2. The van der Waals surface area contributed by atoms with Gasteiger partial charge >= 0.3 is 5.97 Å². The molecule has 0 saturated heterocycles. The summed E-state index contributed by atoms with van der Waals surface area (Å²) in [6.45, 7) is 2.42. The maximum atomic E-state index is 12.6. The van der Waals surface area contributed by atoms with Gasteiger partial charge in [-0.3, -0.25) is 4.79 Å². The number of fused-ring (bicyclic) bond motifs is 1. The molecule has 25 heavy (non-hydrogen) atoms. The molecule has 2 aromatic carbocycles. The molecule has 0 spiro atoms. The van der Waals surface area contributed by atoms with Gasteiger partial charge in [-0.1, -0.05) is 49.7 Å². The van der Waals surface area contributed by atoms with Crippen LogP contribution in [0.5, 0.6) is 0 Å². The van der Waals surface area contributed by atoms with Crippen LogP contribution in [0.15, 0.2) is 54.6 Å². The van der Waals surface area contributed by atoms with Crippen LogP contribution in [-0.2, 0) is 4.74 Å². The third-order valence-corrected chi connectivity index (χ3v) is 4.88. The summed E-state index contributed by atoms with van der Waals surface area (Å²) in [6.07, 6.45) is 1.77. The van der Waals surface area contributed by atoms with Crippen molar-refractivity contribution in [2.24, 2.45) is 0 Å². The normalized spacial score (nSPS) is 10.6. The third-order valence-electron chi connectivity index (χ3n) is 3.79. The molecule has 3 aromatic rings. The molecule has 0 fully saturated rings. The zero-order valence-corrected chi connectivity index (χ0v) is 14.8. The number of esters is 1. The smallest absolute Gasteiger partial charge is 0.341 e. The van der Waals surface area contributed by atoms with E-state index in [4.69, 9.17) is 4.74 Å². The largest absolute Gasteiger partial charge is 0.462 e. The van der Waals surface area contributed by atoms with Crippen LogP contribution >= 0.6 is 11.3 Å². The predicted molar refractivity (Wildman–Crippen MR) is 101 cm³/mol. The van der Waals surface area contributed by atoms with E-state index in [0.717, 1.165) is 22.9 Å². The van der Waals surface area contributed by atoms with Crippen molar-refractivity contribution in [2.75, 3.05) is 11.9 Å². The number of benzene rings is 2. The van der Waals surface area contributed by atoms with E-state index in [1.807, 2.05) is 37.3 Å². The number of amides is 1. The van der Waals surface area contributed by atoms with Gasteiger partial charge in [-0.2, -0.15) is 0 Å². The van der Waals surface area contributed by atoms with Gasteiger partial charge in [-0.15, -0.1) is 11.3 Å². The molecule has 1 heterocycles. The van der Waals surface area contributed by atoms with Gasteiger partial charge in [-0.05, 0) is 24.6 Å². The Morgan fingerprint density at radius 1 is 1.04 bits per heavy atom. The van der Waals surface area contributed by atoms with Crippen LogP contribution in [0.25, 0.3) is 10.1 Å². The summed E-state index contributed by atoms with van der Waals surface area (Å²) in [5.41, 5.74) is 0.978. The van der Waals surface area contributed by atoms with Crippen LogP contribution < -0.4 is 5.32 Å². The van der Waals surface area contributed by atoms with Gasteiger partial charge in [0.05, 0.1) is 6.61 Å². The molecule has 0 unspecified atom stereocenters. The summed E-state index contributed by atoms with van der Waals surface area (Å²) >= 11 is 1.38. The molecule has 0 aliphatic carbocycles. The molecule has 0 aliphatic rings. The van der Waals surface area contributed by atoms with Crippen LogP contribution in [0.4, 0.5) is 5.00 Å². The van der Waals surface area contributed by atoms with E-state index in [9.17, 15) is 9.59 Å². The molecule has 5 heteroatoms. The Bertz CT molecular complexity index is 886. The second kappa shape index (κ2) is 7.94. The van der Waals surface area contributed by atoms with E-state index in [0.29, 0.717) is 22.7 Å². The molecule has 1 N–H and O–H groups in total. The molecule has 0 aliphatic heterocycles. The Morgan fingerprint density at radius 3 is 2.52 bits per heavy atom. The van der Waals surface area contributed by atoms with Crippen LogP contribution in [0.1, 0.15) is 40.5 Å². The molecular formula is C20H19NO3S. The quantitative estimate of drug-likeness (QED) is 0.495. The minimum absolute atomic E-state index is 0.241. The average molecular weight is 353 g/mol. The molecule has 0 bridgehead atoms. The maximum Gasteiger partial charge on any atom is 0.341 e. The minimum Gasteiger partial charge on any atom is -0.462 e. The van der Waals surface area contributed by atoms with Crippen molar-refractivity contribution < 1.29 is 14.3 Å². The lowest BCUT2D eigenvalue weighted by Gasteiger charge is -2.07. The number of ether oxygens (including phenoxy) is 1. The summed E-state index contributed by atoms with van der Waals surface area (Å²) in [5, 5.41) is 4.19. The van der Waals surface area contributed by atoms with Crippen LogP contribution in [0.2, 0.25) is 0 Å². The molecule has 0 atom stereocenters. The standard InChI is InChI=1S/C20H19NO3S/c1-2-3-13-24-20(23)17-15-11-7-8-12-16(15)25-19(17)21-18(22)14-9-5-4-6-10-14/h4-12H,2-3,13H2,1H3,(H,21,22). The van der Waals surface area contributed by atoms with Crippen molar-refractivity contribution in [2.45, 2.75) is 19.8 Å². The Hall–Kier alpha value is -2.66. The van der Waals surface area contributed by atoms with E-state index in [1.165, 1.54) is 11.3 Å². The van der Waals surface area contributed by atoms with Crippen LogP contribution in [0, 0.1) is 0 Å². The predicted octanol–water partition coefficient (Wildman–Crippen LogP) is 5.11. The Balaban J connectivity index is 1.92. The molecule has 3 rings (SSSR count). The summed E-state index contributed by atoms with van der Waals surface area (Å²) in [4.78, 5) is 25.0. The second-order valence-corrected chi connectivity index (χ2v) is 6.66. The molecule has 0 saturated carbocycles. The van der Waals surface area contributed by atoms with Crippen LogP contribution in [-0.4, -0.2) is 18.5 Å². The molecule has 4 nitrogen and oxygen atoms in total. The number of hydrogen-bond acceptors (Lipinski definition) is 4. The summed E-state index contributed by atoms with van der Waals surface area (Å²) in [6, 6.07) is 16.5. The van der Waals surface area contributed by atoms with Crippen molar-refractivity contribution in [3.63, 3.8) is 0 Å². The Morgan fingerprint density at radius 2 is 1.76 bits per heavy atom. The third kappa shape index (κ3) is 3.88. The lowest BCUT2D eigenvalue weighted by atomic mass is 10.1. The molecule has 1 aromatic heterocycles. The summed E-state index contributed by atoms with van der Waals surface area (Å²) in [5.74, 6) is -0.635. The first-order valence-electron chi connectivity index (χ1n) is 8.25. The number of unbranched alkanes of at least 4 members (excludes halogenated alkanes) is 1. The van der Waals surface area contributed by atoms with Crippen molar-refractivity contribution >= 4 is 38.3 Å². The Kier molecular flexibility index (Phi) is 5.46. The van der Waals surface area contributed by atoms with E-state index < -0.39 is 5.97 Å². The number of carbonyl (C=O) groups is 2. The zero-order chi connectivity index (χ0) is 17.6. The van der Waals surface area contributed by atoms with Gasteiger partial charge in [-0.25, -0.2) is 4.79 Å². The highest BCUT2D eigenvalue weighted by molar-refractivity contribution is 7.23. The van der Waals surface area contributed by atoms with E-state index >= 15 is 0 Å². The lowest BCUT2D eigenvalue weighted by molar-refractivity contribution is 0.0503. The van der Waals surface area contributed by atoms with Gasteiger partial charge in [0.2, 0.25) is 0 Å². The van der Waals surface area contributed by atoms with Crippen molar-refractivity contribution in [3.05, 3.63) is 65.7 Å². The first kappa shape index (κ1) is 17.2. The lowest BCUT2D eigenvalue weighted by Crippen LogP contribution is -2.14. The van der Waals surface area contributed by atoms with Crippen molar-refractivity contribution in [3.8, 4) is 0 Å². The monoisotopic (exact) mass is 353 g/mol. The van der Waals surface area contributed by atoms with Gasteiger partial charge in [0.15, 0.2) is 0 Å². The molecule has 1 amide bonds. The number of anilines is 1. The van der Waals surface area contributed by atoms with Gasteiger partial charge in [0.1, 0.15) is 10.6 Å². The number of thiophene rings is 1. The van der Waals surface area contributed by atoms with E-state index in [2.05, 4.69) is 5.32 Å². The maximum absolute atomic E-state index is 12.6. The highest BCUT2D eigenvalue weighted by Gasteiger charge is 2.22. The fraction of sp³-hybridized carbons (Fsp3) is 0.200. The summed E-state index contributed by atoms with van der Waals surface area (Å²) in [7, 11) is 0. The number of nitrogens with one attached hydrogen (secondary N) is 1. The number of rotatable bonds is 6. The number of hydrogen-bond donors (Lipinski definition) is 1. The molecular weight excluding hydrogens is 334 g/mol. The highest BCUT2D eigenvalue weighted by atomic mass is 32.1. The van der Waals surface area contributed by atoms with Gasteiger partial charge in [0, 0.05) is 15.6 Å². The topological polar surface area (TPSA) is 55.4 Å². The second-order valence-electron chi connectivity index (χ2n) is 5.61. The Labute approximate surface area is 150 Å². The molecule has 0 radical (unpaired) electrons. The average Bonchev–Trinajstić information content (AvgIpc) is 3.00. The van der Waals surface area contributed by atoms with E-state index in [-0.39, 0.29) is 5.91 Å². The first-order chi connectivity index (χ1) is 12.2. The zero-order valence-electron chi connectivity index (χ0n) is 14.0. The highest BCUT2D eigenvalue weighted by Crippen LogP contribution is 2.36. The molecule has 128 valence electrons. The van der Waals surface area contributed by atoms with Gasteiger partial charge < -0.3 is 10.1 Å². The summed E-state index contributed by atoms with van der Waals surface area (Å²) < 4.78 is 6.32. The first-order valence-corrected chi connectivity index (χ1v) is 9.07. The minimum atomic E-state index is -0.394. The van der Waals surface area contributed by atoms with Crippen LogP contribution in [0.3, 0.4) is 0 Å². The van der Waals surface area contributed by atoms with Crippen molar-refractivity contribution in [1.82, 2.24) is 0 Å². The van der Waals surface area contributed by atoms with Gasteiger partial charge in [0.25, 0.3) is 5.91 Å². The fourth-order valence-corrected chi connectivity index (χ4v) is 3.57. The SMILES string of the molecule is CCCCOC(=O)c1c(NC(=O)c2ccccc2)sc2ccccc12.